The van der Waals surface area contributed by atoms with Gasteiger partial charge in [0.2, 0.25) is 0 Å². The second kappa shape index (κ2) is 4.06. The molecule has 3 rings (SSSR count). The zero-order chi connectivity index (χ0) is 10.3. The Morgan fingerprint density at radius 3 is 2.80 bits per heavy atom. The average molecular weight is 209 g/mol. The molecule has 3 saturated carbocycles. The van der Waals surface area contributed by atoms with Crippen molar-refractivity contribution in [1.82, 2.24) is 5.32 Å². The molecular weight excluding hydrogens is 186 g/mol. The second-order valence-corrected chi connectivity index (χ2v) is 5.79. The van der Waals surface area contributed by atoms with E-state index in [9.17, 15) is 0 Å². The molecule has 86 valence electrons. The summed E-state index contributed by atoms with van der Waals surface area (Å²) in [6.45, 7) is 1.35. The Labute approximate surface area is 92.4 Å². The summed E-state index contributed by atoms with van der Waals surface area (Å²) in [6.07, 6.45) is 8.37. The van der Waals surface area contributed by atoms with E-state index in [0.717, 1.165) is 42.7 Å². The van der Waals surface area contributed by atoms with Gasteiger partial charge < -0.3 is 10.4 Å². The van der Waals surface area contributed by atoms with E-state index < -0.39 is 0 Å². The lowest BCUT2D eigenvalue weighted by Crippen LogP contribution is -2.39. The number of hydrogen-bond acceptors (Lipinski definition) is 2. The zero-order valence-corrected chi connectivity index (χ0v) is 9.49. The molecule has 5 unspecified atom stereocenters. The monoisotopic (exact) mass is 209 g/mol. The number of fused-ring (bicyclic) bond motifs is 5. The van der Waals surface area contributed by atoms with E-state index in [2.05, 4.69) is 5.32 Å². The Bertz CT molecular complexity index is 231. The molecule has 0 amide bonds. The van der Waals surface area contributed by atoms with E-state index in [0.29, 0.717) is 6.61 Å². The standard InChI is InChI=1S/C13H23NO/c15-6-2-5-14-13-8-9-7-12(13)11-4-1-3-10(9)11/h9-15H,1-8H2. The van der Waals surface area contributed by atoms with Gasteiger partial charge >= 0.3 is 0 Å². The first-order chi connectivity index (χ1) is 7.40. The third-order valence-corrected chi connectivity index (χ3v) is 5.17. The van der Waals surface area contributed by atoms with Crippen molar-refractivity contribution in [3.63, 3.8) is 0 Å². The number of hydrogen-bond donors (Lipinski definition) is 2. The van der Waals surface area contributed by atoms with Crippen molar-refractivity contribution in [2.24, 2.45) is 23.7 Å². The highest BCUT2D eigenvalue weighted by molar-refractivity contribution is 5.05. The molecule has 3 aliphatic carbocycles. The van der Waals surface area contributed by atoms with Gasteiger partial charge in [-0.05, 0) is 62.3 Å². The van der Waals surface area contributed by atoms with Crippen molar-refractivity contribution in [2.45, 2.75) is 44.6 Å². The predicted octanol–water partition coefficient (Wildman–Crippen LogP) is 1.78. The Morgan fingerprint density at radius 2 is 1.93 bits per heavy atom. The van der Waals surface area contributed by atoms with Crippen LogP contribution in [0.4, 0.5) is 0 Å². The summed E-state index contributed by atoms with van der Waals surface area (Å²) in [5, 5.41) is 12.4. The van der Waals surface area contributed by atoms with Crippen LogP contribution < -0.4 is 5.32 Å². The van der Waals surface area contributed by atoms with E-state index in [4.69, 9.17) is 5.11 Å². The van der Waals surface area contributed by atoms with Gasteiger partial charge in [0.25, 0.3) is 0 Å². The average Bonchev–Trinajstić information content (AvgIpc) is 2.89. The van der Waals surface area contributed by atoms with Gasteiger partial charge in [-0.1, -0.05) is 6.42 Å². The van der Waals surface area contributed by atoms with Crippen LogP contribution in [0.1, 0.15) is 38.5 Å². The number of aliphatic hydroxyl groups excluding tert-OH is 1. The summed E-state index contributed by atoms with van der Waals surface area (Å²) in [5.74, 6) is 4.21. The van der Waals surface area contributed by atoms with Crippen molar-refractivity contribution in [2.75, 3.05) is 13.2 Å². The predicted molar refractivity (Wildman–Crippen MR) is 60.5 cm³/mol. The molecule has 2 nitrogen and oxygen atoms in total. The van der Waals surface area contributed by atoms with Gasteiger partial charge in [0.15, 0.2) is 0 Å². The van der Waals surface area contributed by atoms with E-state index >= 15 is 0 Å². The third kappa shape index (κ3) is 1.62. The van der Waals surface area contributed by atoms with Crippen LogP contribution in [0.3, 0.4) is 0 Å². The third-order valence-electron chi connectivity index (χ3n) is 5.17. The fraction of sp³-hybridized carbons (Fsp3) is 1.00. The molecule has 15 heavy (non-hydrogen) atoms. The fourth-order valence-electron chi connectivity index (χ4n) is 4.67. The molecule has 3 aliphatic rings. The quantitative estimate of drug-likeness (QED) is 0.692. The summed E-state index contributed by atoms with van der Waals surface area (Å²) in [5.41, 5.74) is 0. The van der Waals surface area contributed by atoms with Crippen LogP contribution in [-0.2, 0) is 0 Å². The molecule has 0 radical (unpaired) electrons. The van der Waals surface area contributed by atoms with Gasteiger partial charge in [-0.3, -0.25) is 0 Å². The summed E-state index contributed by atoms with van der Waals surface area (Å²) in [7, 11) is 0. The number of nitrogens with one attached hydrogen (secondary N) is 1. The highest BCUT2D eigenvalue weighted by atomic mass is 16.3. The minimum Gasteiger partial charge on any atom is -0.396 e. The maximum absolute atomic E-state index is 8.78. The molecule has 2 heteroatoms. The first-order valence-corrected chi connectivity index (χ1v) is 6.74. The molecule has 5 atom stereocenters. The molecule has 0 aromatic rings. The molecule has 0 saturated heterocycles. The maximum Gasteiger partial charge on any atom is 0.0443 e. The van der Waals surface area contributed by atoms with Gasteiger partial charge in [-0.15, -0.1) is 0 Å². The van der Waals surface area contributed by atoms with E-state index in [1.54, 1.807) is 0 Å². The topological polar surface area (TPSA) is 32.3 Å². The Hall–Kier alpha value is -0.0800. The molecule has 0 spiro atoms. The second-order valence-electron chi connectivity index (χ2n) is 5.79. The van der Waals surface area contributed by atoms with Crippen molar-refractivity contribution in [3.8, 4) is 0 Å². The van der Waals surface area contributed by atoms with Crippen LogP contribution in [0, 0.1) is 23.7 Å². The lowest BCUT2D eigenvalue weighted by Gasteiger charge is -2.32. The van der Waals surface area contributed by atoms with Crippen molar-refractivity contribution >= 4 is 0 Å². The first kappa shape index (κ1) is 10.1. The number of aliphatic hydroxyl groups is 1. The van der Waals surface area contributed by atoms with Gasteiger partial charge in [0.05, 0.1) is 0 Å². The van der Waals surface area contributed by atoms with Crippen molar-refractivity contribution < 1.29 is 5.11 Å². The largest absolute Gasteiger partial charge is 0.396 e. The van der Waals surface area contributed by atoms with Crippen LogP contribution in [0.15, 0.2) is 0 Å². The molecule has 0 aromatic carbocycles. The Balaban J connectivity index is 1.56. The molecule has 3 fully saturated rings. The molecule has 0 heterocycles. The molecule has 2 N–H and O–H groups in total. The van der Waals surface area contributed by atoms with Crippen molar-refractivity contribution in [3.05, 3.63) is 0 Å². The van der Waals surface area contributed by atoms with Crippen LogP contribution in [0.5, 0.6) is 0 Å². The number of rotatable bonds is 4. The summed E-state index contributed by atoms with van der Waals surface area (Å²) < 4.78 is 0. The van der Waals surface area contributed by atoms with E-state index in [1.807, 2.05) is 0 Å². The van der Waals surface area contributed by atoms with E-state index in [1.165, 1.54) is 32.1 Å². The zero-order valence-electron chi connectivity index (χ0n) is 9.49. The van der Waals surface area contributed by atoms with Gasteiger partial charge in [0.1, 0.15) is 0 Å². The molecule has 2 bridgehead atoms. The fourth-order valence-corrected chi connectivity index (χ4v) is 4.67. The smallest absolute Gasteiger partial charge is 0.0443 e. The normalized spacial score (nSPS) is 47.4. The van der Waals surface area contributed by atoms with Crippen LogP contribution in [-0.4, -0.2) is 24.3 Å². The van der Waals surface area contributed by atoms with Crippen molar-refractivity contribution in [1.29, 1.82) is 0 Å². The van der Waals surface area contributed by atoms with Gasteiger partial charge in [-0.25, -0.2) is 0 Å². The summed E-state index contributed by atoms with van der Waals surface area (Å²) in [4.78, 5) is 0. The summed E-state index contributed by atoms with van der Waals surface area (Å²) >= 11 is 0. The Morgan fingerprint density at radius 1 is 1.07 bits per heavy atom. The molecule has 0 aliphatic heterocycles. The molecule has 0 aromatic heterocycles. The maximum atomic E-state index is 8.78. The lowest BCUT2D eigenvalue weighted by molar-refractivity contribution is 0.204. The molecular formula is C13H23NO. The minimum atomic E-state index is 0.333. The summed E-state index contributed by atoms with van der Waals surface area (Å²) in [6, 6.07) is 0.792. The van der Waals surface area contributed by atoms with Gasteiger partial charge in [0, 0.05) is 12.6 Å². The first-order valence-electron chi connectivity index (χ1n) is 6.74. The van der Waals surface area contributed by atoms with Gasteiger partial charge in [-0.2, -0.15) is 0 Å². The Kier molecular flexibility index (Phi) is 2.73. The van der Waals surface area contributed by atoms with E-state index in [-0.39, 0.29) is 0 Å². The minimum absolute atomic E-state index is 0.333. The lowest BCUT2D eigenvalue weighted by atomic mass is 9.79. The van der Waals surface area contributed by atoms with Crippen LogP contribution >= 0.6 is 0 Å². The highest BCUT2D eigenvalue weighted by Crippen LogP contribution is 2.58. The highest BCUT2D eigenvalue weighted by Gasteiger charge is 2.53. The SMILES string of the molecule is OCCCNC1CC2CC1C1CCCC21. The van der Waals surface area contributed by atoms with Crippen LogP contribution in [0.25, 0.3) is 0 Å². The van der Waals surface area contributed by atoms with Crippen LogP contribution in [0.2, 0.25) is 0 Å².